The number of nitro benzene ring substituents is 1. The standard InChI is InChI=1S/C18H23N5O4S/c1-12(2)22(18(28)19-10-15-4-3-9-26-15)11-16-20-21-17(27-16)13-5-7-14(8-6-13)23(24)25/h5-8,12,15H,3-4,9-11H2,1-2H3,(H,19,28)/t15-/m0/s1. The number of nitrogens with one attached hydrogen (secondary N) is 1. The molecule has 2 aromatic rings. The van der Waals surface area contributed by atoms with Gasteiger partial charge >= 0.3 is 0 Å². The summed E-state index contributed by atoms with van der Waals surface area (Å²) in [5.41, 5.74) is 0.636. The van der Waals surface area contributed by atoms with Crippen molar-refractivity contribution >= 4 is 23.0 Å². The second-order valence-electron chi connectivity index (χ2n) is 6.85. The molecule has 9 nitrogen and oxygen atoms in total. The number of rotatable bonds is 7. The molecule has 1 atom stereocenters. The highest BCUT2D eigenvalue weighted by Gasteiger charge is 2.21. The maximum absolute atomic E-state index is 10.8. The zero-order valence-corrected chi connectivity index (χ0v) is 16.6. The summed E-state index contributed by atoms with van der Waals surface area (Å²) >= 11 is 5.53. The van der Waals surface area contributed by atoms with Gasteiger partial charge in [0, 0.05) is 36.9 Å². The number of ether oxygens (including phenoxy) is 1. The zero-order chi connectivity index (χ0) is 20.1. The Morgan fingerprint density at radius 2 is 2.14 bits per heavy atom. The second-order valence-corrected chi connectivity index (χ2v) is 7.23. The smallest absolute Gasteiger partial charge is 0.269 e. The van der Waals surface area contributed by atoms with Crippen LogP contribution >= 0.6 is 12.2 Å². The van der Waals surface area contributed by atoms with E-state index in [4.69, 9.17) is 21.4 Å². The fraction of sp³-hybridized carbons (Fsp3) is 0.500. The summed E-state index contributed by atoms with van der Waals surface area (Å²) in [7, 11) is 0. The van der Waals surface area contributed by atoms with Gasteiger partial charge in [-0.05, 0) is 51.0 Å². The summed E-state index contributed by atoms with van der Waals surface area (Å²) in [4.78, 5) is 12.3. The number of non-ortho nitro benzene ring substituents is 1. The minimum atomic E-state index is -0.450. The fourth-order valence-corrected chi connectivity index (χ4v) is 3.26. The molecule has 1 N–H and O–H groups in total. The number of hydrogen-bond donors (Lipinski definition) is 1. The van der Waals surface area contributed by atoms with Crippen LogP contribution in [0.1, 0.15) is 32.6 Å². The van der Waals surface area contributed by atoms with Crippen molar-refractivity contribution in [1.82, 2.24) is 20.4 Å². The van der Waals surface area contributed by atoms with Gasteiger partial charge in [-0.1, -0.05) is 0 Å². The van der Waals surface area contributed by atoms with Crippen LogP contribution < -0.4 is 5.32 Å². The molecule has 28 heavy (non-hydrogen) atoms. The largest absolute Gasteiger partial charge is 0.419 e. The lowest BCUT2D eigenvalue weighted by Gasteiger charge is -2.28. The van der Waals surface area contributed by atoms with Crippen molar-refractivity contribution < 1.29 is 14.1 Å². The van der Waals surface area contributed by atoms with Gasteiger partial charge in [0.25, 0.3) is 5.69 Å². The summed E-state index contributed by atoms with van der Waals surface area (Å²) in [6.45, 7) is 5.93. The first kappa shape index (κ1) is 20.2. The molecule has 0 radical (unpaired) electrons. The summed E-state index contributed by atoms with van der Waals surface area (Å²) in [5, 5.41) is 22.8. The average molecular weight is 405 g/mol. The summed E-state index contributed by atoms with van der Waals surface area (Å²) in [6.07, 6.45) is 2.32. The van der Waals surface area contributed by atoms with Crippen LogP contribution in [-0.4, -0.2) is 50.4 Å². The molecule has 1 saturated heterocycles. The first-order chi connectivity index (χ1) is 13.4. The van der Waals surface area contributed by atoms with Crippen LogP contribution in [0, 0.1) is 10.1 Å². The topological polar surface area (TPSA) is 107 Å². The number of hydrogen-bond acceptors (Lipinski definition) is 7. The maximum Gasteiger partial charge on any atom is 0.269 e. The molecule has 1 aliphatic rings. The van der Waals surface area contributed by atoms with Crippen LogP contribution in [0.4, 0.5) is 5.69 Å². The normalized spacial score (nSPS) is 16.3. The number of nitro groups is 1. The lowest BCUT2D eigenvalue weighted by atomic mass is 10.2. The maximum atomic E-state index is 10.8. The van der Waals surface area contributed by atoms with E-state index >= 15 is 0 Å². The van der Waals surface area contributed by atoms with Crippen molar-refractivity contribution in [2.24, 2.45) is 0 Å². The highest BCUT2D eigenvalue weighted by molar-refractivity contribution is 7.80. The molecule has 0 saturated carbocycles. The molecular weight excluding hydrogens is 382 g/mol. The molecule has 150 valence electrons. The van der Waals surface area contributed by atoms with Crippen molar-refractivity contribution in [2.45, 2.75) is 45.4 Å². The van der Waals surface area contributed by atoms with Crippen LogP contribution in [0.3, 0.4) is 0 Å². The van der Waals surface area contributed by atoms with Crippen molar-refractivity contribution in [1.29, 1.82) is 0 Å². The van der Waals surface area contributed by atoms with E-state index in [2.05, 4.69) is 15.5 Å². The van der Waals surface area contributed by atoms with Crippen molar-refractivity contribution in [3.63, 3.8) is 0 Å². The summed E-state index contributed by atoms with van der Waals surface area (Å²) < 4.78 is 11.3. The van der Waals surface area contributed by atoms with Crippen LogP contribution in [0.25, 0.3) is 11.5 Å². The lowest BCUT2D eigenvalue weighted by Crippen LogP contribution is -2.45. The molecule has 0 bridgehead atoms. The van der Waals surface area contributed by atoms with Crippen molar-refractivity contribution in [3.8, 4) is 11.5 Å². The van der Waals surface area contributed by atoms with Crippen LogP contribution in [-0.2, 0) is 11.3 Å². The van der Waals surface area contributed by atoms with E-state index in [1.807, 2.05) is 18.7 Å². The van der Waals surface area contributed by atoms with E-state index in [1.165, 1.54) is 12.1 Å². The van der Waals surface area contributed by atoms with Gasteiger partial charge in [0.2, 0.25) is 11.8 Å². The van der Waals surface area contributed by atoms with Gasteiger partial charge in [-0.2, -0.15) is 0 Å². The third-order valence-corrected chi connectivity index (χ3v) is 4.87. The van der Waals surface area contributed by atoms with Gasteiger partial charge in [0.1, 0.15) is 0 Å². The molecule has 1 fully saturated rings. The molecule has 2 heterocycles. The van der Waals surface area contributed by atoms with Crippen LogP contribution in [0.2, 0.25) is 0 Å². The Morgan fingerprint density at radius 3 is 2.75 bits per heavy atom. The molecule has 10 heteroatoms. The Morgan fingerprint density at radius 1 is 1.39 bits per heavy atom. The average Bonchev–Trinajstić information content (AvgIpc) is 3.36. The predicted octanol–water partition coefficient (Wildman–Crippen LogP) is 2.91. The van der Waals surface area contributed by atoms with E-state index < -0.39 is 4.92 Å². The molecular formula is C18H23N5O4S. The Balaban J connectivity index is 1.63. The molecule has 3 rings (SSSR count). The van der Waals surface area contributed by atoms with E-state index in [0.29, 0.717) is 35.5 Å². The predicted molar refractivity (Wildman–Crippen MR) is 107 cm³/mol. The first-order valence-corrected chi connectivity index (χ1v) is 9.58. The quantitative estimate of drug-likeness (QED) is 0.423. The summed E-state index contributed by atoms with van der Waals surface area (Å²) in [5.74, 6) is 0.732. The molecule has 0 spiro atoms. The first-order valence-electron chi connectivity index (χ1n) is 9.17. The minimum absolute atomic E-state index is 0.0112. The Hall–Kier alpha value is -2.59. The van der Waals surface area contributed by atoms with E-state index in [0.717, 1.165) is 19.4 Å². The summed E-state index contributed by atoms with van der Waals surface area (Å²) in [6, 6.07) is 6.12. The van der Waals surface area contributed by atoms with Gasteiger partial charge in [-0.3, -0.25) is 10.1 Å². The number of thiocarbonyl (C=S) groups is 1. The van der Waals surface area contributed by atoms with Gasteiger partial charge < -0.3 is 19.4 Å². The van der Waals surface area contributed by atoms with Crippen LogP contribution in [0.15, 0.2) is 28.7 Å². The van der Waals surface area contributed by atoms with E-state index in [-0.39, 0.29) is 17.8 Å². The monoisotopic (exact) mass is 405 g/mol. The van der Waals surface area contributed by atoms with E-state index in [9.17, 15) is 10.1 Å². The SMILES string of the molecule is CC(C)N(Cc1nnc(-c2ccc([N+](=O)[O-])cc2)o1)C(=S)NC[C@@H]1CCCO1. The van der Waals surface area contributed by atoms with Crippen LogP contribution in [0.5, 0.6) is 0 Å². The molecule has 1 aliphatic heterocycles. The third-order valence-electron chi connectivity index (χ3n) is 4.49. The molecule has 0 aliphatic carbocycles. The highest BCUT2D eigenvalue weighted by Crippen LogP contribution is 2.22. The minimum Gasteiger partial charge on any atom is -0.419 e. The third kappa shape index (κ3) is 5.02. The van der Waals surface area contributed by atoms with Crippen molar-refractivity contribution in [2.75, 3.05) is 13.2 Å². The van der Waals surface area contributed by atoms with Gasteiger partial charge in [0.15, 0.2) is 5.11 Å². The molecule has 1 aromatic heterocycles. The van der Waals surface area contributed by atoms with E-state index in [1.54, 1.807) is 12.1 Å². The second kappa shape index (κ2) is 9.07. The molecule has 0 unspecified atom stereocenters. The highest BCUT2D eigenvalue weighted by atomic mass is 32.1. The Labute approximate surface area is 168 Å². The number of aromatic nitrogens is 2. The van der Waals surface area contributed by atoms with Crippen molar-refractivity contribution in [3.05, 3.63) is 40.3 Å². The van der Waals surface area contributed by atoms with Gasteiger partial charge in [-0.15, -0.1) is 10.2 Å². The Kier molecular flexibility index (Phi) is 6.53. The van der Waals surface area contributed by atoms with Gasteiger partial charge in [0.05, 0.1) is 17.6 Å². The molecule has 1 aromatic carbocycles. The number of nitrogens with zero attached hydrogens (tertiary/aromatic N) is 4. The Bertz CT molecular complexity index is 818. The fourth-order valence-electron chi connectivity index (χ4n) is 2.90. The zero-order valence-electron chi connectivity index (χ0n) is 15.8. The molecule has 0 amide bonds. The van der Waals surface area contributed by atoms with Gasteiger partial charge in [-0.25, -0.2) is 0 Å². The lowest BCUT2D eigenvalue weighted by molar-refractivity contribution is -0.384. The number of benzene rings is 1.